The molecule has 0 amide bonds. The Balaban J connectivity index is 1.40. The lowest BCUT2D eigenvalue weighted by atomic mass is 9.82. The van der Waals surface area contributed by atoms with E-state index in [0.717, 1.165) is 45.4 Å². The molecule has 0 radical (unpaired) electrons. The van der Waals surface area contributed by atoms with E-state index < -0.39 is 0 Å². The predicted octanol–water partition coefficient (Wildman–Crippen LogP) is 1.37. The van der Waals surface area contributed by atoms with Gasteiger partial charge in [-0.15, -0.1) is 0 Å². The topological polar surface area (TPSA) is 41.9 Å². The smallest absolute Gasteiger partial charge is 0.168 e. The Labute approximate surface area is 109 Å². The van der Waals surface area contributed by atoms with E-state index in [9.17, 15) is 5.11 Å². The van der Waals surface area contributed by atoms with Crippen LogP contribution in [0.4, 0.5) is 0 Å². The Bertz CT molecular complexity index is 285. The fourth-order valence-electron chi connectivity index (χ4n) is 3.59. The third kappa shape index (κ3) is 2.72. The van der Waals surface area contributed by atoms with E-state index in [4.69, 9.17) is 9.47 Å². The van der Waals surface area contributed by atoms with Crippen LogP contribution in [0, 0.1) is 5.92 Å². The molecule has 1 atom stereocenters. The lowest BCUT2D eigenvalue weighted by molar-refractivity contribution is -0.163. The summed E-state index contributed by atoms with van der Waals surface area (Å²) in [6, 6.07) is 0. The zero-order chi connectivity index (χ0) is 12.6. The molecule has 4 nitrogen and oxygen atoms in total. The summed E-state index contributed by atoms with van der Waals surface area (Å²) in [6.07, 6.45) is 6.75. The molecule has 0 aromatic rings. The van der Waals surface area contributed by atoms with E-state index in [1.807, 2.05) is 0 Å². The molecule has 1 unspecified atom stereocenters. The van der Waals surface area contributed by atoms with Crippen molar-refractivity contribution in [3.8, 4) is 0 Å². The van der Waals surface area contributed by atoms with Gasteiger partial charge in [0.2, 0.25) is 0 Å². The SMILES string of the molecule is CN(CC1CC(O)C1)CC1COC2(CCCC2)O1. The third-order valence-electron chi connectivity index (χ3n) is 4.58. The van der Waals surface area contributed by atoms with Crippen molar-refractivity contribution >= 4 is 0 Å². The molecular weight excluding hydrogens is 230 g/mol. The zero-order valence-electron chi connectivity index (χ0n) is 11.3. The number of aliphatic hydroxyl groups excluding tert-OH is 1. The number of ether oxygens (including phenoxy) is 2. The Kier molecular flexibility index (Phi) is 3.63. The van der Waals surface area contributed by atoms with E-state index in [2.05, 4.69) is 11.9 Å². The van der Waals surface area contributed by atoms with Gasteiger partial charge in [0.15, 0.2) is 5.79 Å². The van der Waals surface area contributed by atoms with Crippen molar-refractivity contribution in [2.24, 2.45) is 5.92 Å². The van der Waals surface area contributed by atoms with Gasteiger partial charge in [-0.05, 0) is 38.6 Å². The van der Waals surface area contributed by atoms with Gasteiger partial charge in [0.1, 0.15) is 0 Å². The number of hydrogen-bond donors (Lipinski definition) is 1. The summed E-state index contributed by atoms with van der Waals surface area (Å²) < 4.78 is 12.0. The molecule has 104 valence electrons. The maximum Gasteiger partial charge on any atom is 0.168 e. The van der Waals surface area contributed by atoms with Crippen molar-refractivity contribution < 1.29 is 14.6 Å². The molecule has 1 heterocycles. The minimum absolute atomic E-state index is 0.0452. The maximum absolute atomic E-state index is 9.29. The van der Waals surface area contributed by atoms with Crippen molar-refractivity contribution in [1.29, 1.82) is 0 Å². The van der Waals surface area contributed by atoms with Gasteiger partial charge in [0.25, 0.3) is 0 Å². The molecule has 1 N–H and O–H groups in total. The van der Waals surface area contributed by atoms with Crippen molar-refractivity contribution in [2.75, 3.05) is 26.7 Å². The van der Waals surface area contributed by atoms with Crippen LogP contribution >= 0.6 is 0 Å². The second-order valence-corrected chi connectivity index (χ2v) is 6.38. The van der Waals surface area contributed by atoms with Crippen molar-refractivity contribution in [3.63, 3.8) is 0 Å². The largest absolute Gasteiger partial charge is 0.393 e. The fraction of sp³-hybridized carbons (Fsp3) is 1.00. The average Bonchev–Trinajstić information content (AvgIpc) is 2.88. The number of nitrogens with zero attached hydrogens (tertiary/aromatic N) is 1. The molecule has 3 fully saturated rings. The van der Waals surface area contributed by atoms with E-state index in [1.165, 1.54) is 12.8 Å². The van der Waals surface area contributed by atoms with E-state index in [1.54, 1.807) is 0 Å². The first-order valence-electron chi connectivity index (χ1n) is 7.34. The van der Waals surface area contributed by atoms with Gasteiger partial charge in [-0.25, -0.2) is 0 Å². The zero-order valence-corrected chi connectivity index (χ0v) is 11.3. The lowest BCUT2D eigenvalue weighted by Crippen LogP contribution is -2.40. The van der Waals surface area contributed by atoms with Gasteiger partial charge in [0, 0.05) is 25.9 Å². The van der Waals surface area contributed by atoms with Gasteiger partial charge in [-0.1, -0.05) is 0 Å². The molecule has 2 saturated carbocycles. The Hall–Kier alpha value is -0.160. The molecule has 3 aliphatic rings. The summed E-state index contributed by atoms with van der Waals surface area (Å²) in [7, 11) is 2.15. The summed E-state index contributed by atoms with van der Waals surface area (Å²) in [5.74, 6) is 0.450. The summed E-state index contributed by atoms with van der Waals surface area (Å²) >= 11 is 0. The molecular formula is C14H25NO3. The molecule has 4 heteroatoms. The highest BCUT2D eigenvalue weighted by Gasteiger charge is 2.43. The predicted molar refractivity (Wildman–Crippen MR) is 68.3 cm³/mol. The normalized spacial score (nSPS) is 38.5. The highest BCUT2D eigenvalue weighted by atomic mass is 16.7. The van der Waals surface area contributed by atoms with Gasteiger partial charge in [-0.2, -0.15) is 0 Å². The van der Waals surface area contributed by atoms with Crippen LogP contribution in [0.2, 0.25) is 0 Å². The van der Waals surface area contributed by atoms with Crippen molar-refractivity contribution in [3.05, 3.63) is 0 Å². The van der Waals surface area contributed by atoms with Crippen LogP contribution in [0.5, 0.6) is 0 Å². The molecule has 3 rings (SSSR count). The molecule has 0 aromatic heterocycles. The van der Waals surface area contributed by atoms with Crippen molar-refractivity contribution in [1.82, 2.24) is 4.90 Å². The van der Waals surface area contributed by atoms with Crippen LogP contribution in [-0.2, 0) is 9.47 Å². The third-order valence-corrected chi connectivity index (χ3v) is 4.58. The quantitative estimate of drug-likeness (QED) is 0.824. The Morgan fingerprint density at radius 3 is 2.61 bits per heavy atom. The van der Waals surface area contributed by atoms with Gasteiger partial charge < -0.3 is 19.5 Å². The number of hydrogen-bond acceptors (Lipinski definition) is 4. The summed E-state index contributed by atoms with van der Waals surface area (Å²) in [5.41, 5.74) is 0. The second kappa shape index (κ2) is 5.08. The van der Waals surface area contributed by atoms with Crippen LogP contribution in [0.1, 0.15) is 38.5 Å². The van der Waals surface area contributed by atoms with E-state index >= 15 is 0 Å². The lowest BCUT2D eigenvalue weighted by Gasteiger charge is -2.35. The monoisotopic (exact) mass is 255 g/mol. The first kappa shape index (κ1) is 12.9. The van der Waals surface area contributed by atoms with Gasteiger partial charge >= 0.3 is 0 Å². The molecule has 1 spiro atoms. The molecule has 1 saturated heterocycles. The molecule has 1 aliphatic heterocycles. The number of likely N-dealkylation sites (N-methyl/N-ethyl adjacent to an activating group) is 1. The molecule has 0 bridgehead atoms. The summed E-state index contributed by atoms with van der Waals surface area (Å²) in [5, 5.41) is 9.29. The minimum Gasteiger partial charge on any atom is -0.393 e. The van der Waals surface area contributed by atoms with E-state index in [0.29, 0.717) is 5.92 Å². The van der Waals surface area contributed by atoms with Crippen LogP contribution in [0.15, 0.2) is 0 Å². The highest BCUT2D eigenvalue weighted by molar-refractivity contribution is 4.86. The Morgan fingerprint density at radius 2 is 1.94 bits per heavy atom. The van der Waals surface area contributed by atoms with Gasteiger partial charge in [-0.3, -0.25) is 0 Å². The highest BCUT2D eigenvalue weighted by Crippen LogP contribution is 2.39. The minimum atomic E-state index is -0.224. The molecule has 2 aliphatic carbocycles. The fourth-order valence-corrected chi connectivity index (χ4v) is 3.59. The number of rotatable bonds is 4. The molecule has 0 aromatic carbocycles. The van der Waals surface area contributed by atoms with Crippen LogP contribution < -0.4 is 0 Å². The Morgan fingerprint density at radius 1 is 1.22 bits per heavy atom. The van der Waals surface area contributed by atoms with Crippen molar-refractivity contribution in [2.45, 2.75) is 56.5 Å². The summed E-state index contributed by atoms with van der Waals surface area (Å²) in [4.78, 5) is 2.33. The first-order valence-corrected chi connectivity index (χ1v) is 7.34. The average molecular weight is 255 g/mol. The molecule has 18 heavy (non-hydrogen) atoms. The van der Waals surface area contributed by atoms with Gasteiger partial charge in [0.05, 0.1) is 18.8 Å². The van der Waals surface area contributed by atoms with Crippen LogP contribution in [0.3, 0.4) is 0 Å². The second-order valence-electron chi connectivity index (χ2n) is 6.38. The van der Waals surface area contributed by atoms with Crippen LogP contribution in [-0.4, -0.2) is 54.7 Å². The first-order chi connectivity index (χ1) is 8.65. The number of aliphatic hydroxyl groups is 1. The maximum atomic E-state index is 9.29. The van der Waals surface area contributed by atoms with E-state index in [-0.39, 0.29) is 18.0 Å². The summed E-state index contributed by atoms with van der Waals surface area (Å²) in [6.45, 7) is 2.77. The van der Waals surface area contributed by atoms with Crippen LogP contribution in [0.25, 0.3) is 0 Å². The standard InChI is InChI=1S/C14H25NO3/c1-15(8-11-6-12(16)7-11)9-13-10-17-14(18-13)4-2-3-5-14/h11-13,16H,2-10H2,1H3.